The minimum absolute atomic E-state index is 0.0136. The fourth-order valence-corrected chi connectivity index (χ4v) is 1.68. The Morgan fingerprint density at radius 1 is 1.22 bits per heavy atom. The molecule has 1 aromatic carbocycles. The summed E-state index contributed by atoms with van der Waals surface area (Å²) in [5.74, 6) is -0.493. The maximum atomic E-state index is 12.2. The van der Waals surface area contributed by atoms with Crippen LogP contribution in [-0.2, 0) is 10.1 Å². The Bertz CT molecular complexity index is 680. The highest BCUT2D eigenvalue weighted by atomic mass is 32.2. The first-order valence-electron chi connectivity index (χ1n) is 4.51. The SMILES string of the molecule is O=S(=O)(Oc1cccc2cncnc12)C(F)(F)F. The molecule has 1 aromatic heterocycles. The standard InChI is InChI=1S/C9H5F3N2O3S/c10-9(11,12)18(15,16)17-7-3-1-2-6-4-13-5-14-8(6)7/h1-5H. The van der Waals surface area contributed by atoms with Crippen LogP contribution in [0, 0.1) is 0 Å². The molecule has 5 nitrogen and oxygen atoms in total. The van der Waals surface area contributed by atoms with E-state index in [1.165, 1.54) is 18.3 Å². The Labute approximate surface area is 99.4 Å². The molecule has 96 valence electrons. The number of fused-ring (bicyclic) bond motifs is 1. The molecule has 0 unspecified atom stereocenters. The third kappa shape index (κ3) is 2.21. The van der Waals surface area contributed by atoms with Crippen LogP contribution in [0.4, 0.5) is 13.2 Å². The van der Waals surface area contributed by atoms with Crippen LogP contribution < -0.4 is 4.18 Å². The summed E-state index contributed by atoms with van der Waals surface area (Å²) in [5.41, 5.74) is -5.50. The van der Waals surface area contributed by atoms with Crippen LogP contribution >= 0.6 is 0 Å². The number of para-hydroxylation sites is 1. The maximum Gasteiger partial charge on any atom is 0.534 e. The van der Waals surface area contributed by atoms with Gasteiger partial charge in [0.05, 0.1) is 0 Å². The van der Waals surface area contributed by atoms with Gasteiger partial charge in [0.1, 0.15) is 11.8 Å². The van der Waals surface area contributed by atoms with Crippen molar-refractivity contribution in [2.24, 2.45) is 0 Å². The average Bonchev–Trinajstić information content (AvgIpc) is 2.27. The number of hydrogen-bond donors (Lipinski definition) is 0. The summed E-state index contributed by atoms with van der Waals surface area (Å²) in [4.78, 5) is 7.34. The minimum atomic E-state index is -5.70. The van der Waals surface area contributed by atoms with Gasteiger partial charge in [-0.25, -0.2) is 9.97 Å². The van der Waals surface area contributed by atoms with Gasteiger partial charge in [0.2, 0.25) is 0 Å². The summed E-state index contributed by atoms with van der Waals surface area (Å²) in [6.45, 7) is 0. The van der Waals surface area contributed by atoms with Crippen LogP contribution in [0.1, 0.15) is 0 Å². The van der Waals surface area contributed by atoms with E-state index in [0.717, 1.165) is 12.4 Å². The van der Waals surface area contributed by atoms with E-state index in [0.29, 0.717) is 5.39 Å². The van der Waals surface area contributed by atoms with Crippen molar-refractivity contribution in [3.8, 4) is 5.75 Å². The Morgan fingerprint density at radius 2 is 1.94 bits per heavy atom. The zero-order valence-electron chi connectivity index (χ0n) is 8.55. The quantitative estimate of drug-likeness (QED) is 0.619. The van der Waals surface area contributed by atoms with Gasteiger partial charge in [-0.1, -0.05) is 12.1 Å². The van der Waals surface area contributed by atoms with E-state index in [9.17, 15) is 21.6 Å². The molecule has 0 bridgehead atoms. The van der Waals surface area contributed by atoms with E-state index >= 15 is 0 Å². The topological polar surface area (TPSA) is 69.2 Å². The normalized spacial score (nSPS) is 12.6. The number of benzene rings is 1. The predicted molar refractivity (Wildman–Crippen MR) is 55.1 cm³/mol. The Hall–Kier alpha value is -1.90. The highest BCUT2D eigenvalue weighted by Gasteiger charge is 2.48. The molecule has 0 spiro atoms. The molecule has 0 saturated heterocycles. The zero-order chi connectivity index (χ0) is 13.4. The van der Waals surface area contributed by atoms with Gasteiger partial charge in [0, 0.05) is 11.6 Å². The van der Waals surface area contributed by atoms with Crippen LogP contribution in [0.25, 0.3) is 10.9 Å². The number of hydrogen-bond acceptors (Lipinski definition) is 5. The smallest absolute Gasteiger partial charge is 0.374 e. The van der Waals surface area contributed by atoms with E-state index in [2.05, 4.69) is 14.2 Å². The second kappa shape index (κ2) is 4.09. The Kier molecular flexibility index (Phi) is 2.85. The lowest BCUT2D eigenvalue weighted by molar-refractivity contribution is -0.0499. The van der Waals surface area contributed by atoms with Gasteiger partial charge in [0.25, 0.3) is 0 Å². The summed E-state index contributed by atoms with van der Waals surface area (Å²) in [7, 11) is -5.70. The van der Waals surface area contributed by atoms with E-state index in [1.54, 1.807) is 0 Å². The number of alkyl halides is 3. The van der Waals surface area contributed by atoms with E-state index in [4.69, 9.17) is 0 Å². The maximum absolute atomic E-state index is 12.2. The first-order chi connectivity index (χ1) is 8.31. The monoisotopic (exact) mass is 278 g/mol. The van der Waals surface area contributed by atoms with E-state index in [1.807, 2.05) is 0 Å². The zero-order valence-corrected chi connectivity index (χ0v) is 9.36. The lowest BCUT2D eigenvalue weighted by atomic mass is 10.2. The van der Waals surface area contributed by atoms with Gasteiger partial charge in [-0.2, -0.15) is 21.6 Å². The van der Waals surface area contributed by atoms with Crippen molar-refractivity contribution < 1.29 is 25.8 Å². The minimum Gasteiger partial charge on any atom is -0.374 e. The Balaban J connectivity index is 2.51. The molecular formula is C9H5F3N2O3S. The average molecular weight is 278 g/mol. The van der Waals surface area contributed by atoms with E-state index in [-0.39, 0.29) is 5.52 Å². The molecule has 1 heterocycles. The molecule has 0 amide bonds. The molecule has 0 aliphatic heterocycles. The van der Waals surface area contributed by atoms with Crippen LogP contribution in [-0.4, -0.2) is 23.9 Å². The lowest BCUT2D eigenvalue weighted by Crippen LogP contribution is -2.28. The highest BCUT2D eigenvalue weighted by Crippen LogP contribution is 2.30. The Morgan fingerprint density at radius 3 is 2.61 bits per heavy atom. The molecule has 0 radical (unpaired) electrons. The molecule has 0 atom stereocenters. The van der Waals surface area contributed by atoms with Crippen molar-refractivity contribution in [1.82, 2.24) is 9.97 Å². The molecule has 0 fully saturated rings. The molecule has 0 saturated carbocycles. The lowest BCUT2D eigenvalue weighted by Gasteiger charge is -2.10. The first kappa shape index (κ1) is 12.6. The second-order valence-corrected chi connectivity index (χ2v) is 4.74. The van der Waals surface area contributed by atoms with Gasteiger partial charge in [-0.3, -0.25) is 0 Å². The van der Waals surface area contributed by atoms with Crippen molar-refractivity contribution in [1.29, 1.82) is 0 Å². The van der Waals surface area contributed by atoms with Crippen LogP contribution in [0.2, 0.25) is 0 Å². The number of nitrogens with zero attached hydrogens (tertiary/aromatic N) is 2. The number of aromatic nitrogens is 2. The molecular weight excluding hydrogens is 273 g/mol. The molecule has 2 aromatic rings. The van der Waals surface area contributed by atoms with Gasteiger partial charge in [-0.05, 0) is 6.07 Å². The van der Waals surface area contributed by atoms with Gasteiger partial charge < -0.3 is 4.18 Å². The molecule has 0 aliphatic rings. The van der Waals surface area contributed by atoms with Crippen LogP contribution in [0.5, 0.6) is 5.75 Å². The molecule has 2 rings (SSSR count). The van der Waals surface area contributed by atoms with Gasteiger partial charge in [0.15, 0.2) is 5.75 Å². The van der Waals surface area contributed by atoms with Crippen molar-refractivity contribution in [2.75, 3.05) is 0 Å². The van der Waals surface area contributed by atoms with Gasteiger partial charge in [-0.15, -0.1) is 0 Å². The molecule has 9 heteroatoms. The van der Waals surface area contributed by atoms with Crippen molar-refractivity contribution in [3.05, 3.63) is 30.7 Å². The fourth-order valence-electron chi connectivity index (χ4n) is 1.22. The number of halogens is 3. The fraction of sp³-hybridized carbons (Fsp3) is 0.111. The van der Waals surface area contributed by atoms with Crippen molar-refractivity contribution >= 4 is 21.0 Å². The van der Waals surface area contributed by atoms with Crippen molar-refractivity contribution in [2.45, 2.75) is 5.51 Å². The third-order valence-corrected chi connectivity index (χ3v) is 2.95. The largest absolute Gasteiger partial charge is 0.534 e. The summed E-state index contributed by atoms with van der Waals surface area (Å²) in [6, 6.07) is 3.94. The molecule has 18 heavy (non-hydrogen) atoms. The molecule has 0 N–H and O–H groups in total. The van der Waals surface area contributed by atoms with Gasteiger partial charge >= 0.3 is 15.6 Å². The van der Waals surface area contributed by atoms with Crippen molar-refractivity contribution in [3.63, 3.8) is 0 Å². The number of rotatable bonds is 2. The summed E-state index contributed by atoms with van der Waals surface area (Å²) < 4.78 is 62.3. The molecule has 0 aliphatic carbocycles. The summed E-state index contributed by atoms with van der Waals surface area (Å²) in [5, 5.41) is 0.368. The second-order valence-electron chi connectivity index (χ2n) is 3.20. The third-order valence-electron chi connectivity index (χ3n) is 1.98. The highest BCUT2D eigenvalue weighted by molar-refractivity contribution is 7.88. The predicted octanol–water partition coefficient (Wildman–Crippen LogP) is 1.86. The summed E-state index contributed by atoms with van der Waals surface area (Å²) >= 11 is 0. The van der Waals surface area contributed by atoms with E-state index < -0.39 is 21.4 Å². The summed E-state index contributed by atoms with van der Waals surface area (Å²) in [6.07, 6.45) is 2.41. The van der Waals surface area contributed by atoms with Crippen LogP contribution in [0.15, 0.2) is 30.7 Å². The first-order valence-corrected chi connectivity index (χ1v) is 5.91. The van der Waals surface area contributed by atoms with Crippen LogP contribution in [0.3, 0.4) is 0 Å².